The number of anilines is 2. The molecule has 5 heterocycles. The van der Waals surface area contributed by atoms with Crippen molar-refractivity contribution >= 4 is 28.8 Å². The van der Waals surface area contributed by atoms with Crippen LogP contribution in [-0.4, -0.2) is 93.0 Å². The second kappa shape index (κ2) is 9.88. The van der Waals surface area contributed by atoms with Gasteiger partial charge < -0.3 is 25.3 Å². The number of carbonyl (C=O) groups excluding carboxylic acids is 1. The Kier molecular flexibility index (Phi) is 6.65. The molecule has 5 rings (SSSR count). The molecule has 0 radical (unpaired) electrons. The van der Waals surface area contributed by atoms with Gasteiger partial charge in [0, 0.05) is 68.7 Å². The number of urea groups is 1. The van der Waals surface area contributed by atoms with E-state index in [4.69, 9.17) is 9.97 Å². The van der Waals surface area contributed by atoms with Gasteiger partial charge in [-0.15, -0.1) is 0 Å². The van der Waals surface area contributed by atoms with Crippen LogP contribution in [0.3, 0.4) is 0 Å². The summed E-state index contributed by atoms with van der Waals surface area (Å²) in [5.41, 5.74) is 3.22. The van der Waals surface area contributed by atoms with Crippen LogP contribution < -0.4 is 20.4 Å². The van der Waals surface area contributed by atoms with Crippen molar-refractivity contribution in [3.63, 3.8) is 0 Å². The van der Waals surface area contributed by atoms with Gasteiger partial charge in [0.25, 0.3) is 0 Å². The minimum absolute atomic E-state index is 0.0249. The van der Waals surface area contributed by atoms with E-state index in [0.717, 1.165) is 47.7 Å². The number of pyridine rings is 1. The number of piperazine rings is 2. The first kappa shape index (κ1) is 24.2. The first-order valence-corrected chi connectivity index (χ1v) is 12.8. The summed E-state index contributed by atoms with van der Waals surface area (Å²) in [7, 11) is 0. The van der Waals surface area contributed by atoms with Crippen LogP contribution in [0.4, 0.5) is 16.6 Å². The third kappa shape index (κ3) is 4.79. The van der Waals surface area contributed by atoms with E-state index in [-0.39, 0.29) is 24.2 Å². The fraction of sp³-hybridized carbons (Fsp3) is 0.560. The van der Waals surface area contributed by atoms with Gasteiger partial charge in [-0.05, 0) is 46.8 Å². The van der Waals surface area contributed by atoms with Gasteiger partial charge in [0.05, 0.1) is 6.20 Å². The largest absolute Gasteiger partial charge is 0.354 e. The lowest BCUT2D eigenvalue weighted by molar-refractivity contribution is 0.173. The van der Waals surface area contributed by atoms with E-state index in [9.17, 15) is 4.79 Å². The third-order valence-electron chi connectivity index (χ3n) is 6.85. The molecule has 2 saturated heterocycles. The Hall–Kier alpha value is -3.47. The highest BCUT2D eigenvalue weighted by atomic mass is 16.2. The highest BCUT2D eigenvalue weighted by Gasteiger charge is 2.34. The van der Waals surface area contributed by atoms with Gasteiger partial charge in [0.15, 0.2) is 0 Å². The molecule has 2 aliphatic heterocycles. The normalized spacial score (nSPS) is 22.9. The molecule has 0 aliphatic carbocycles. The average Bonchev–Trinajstić information content (AvgIpc) is 3.27. The number of amides is 2. The second-order valence-electron chi connectivity index (χ2n) is 10.3. The molecule has 0 saturated carbocycles. The molecule has 192 valence electrons. The number of aromatic amines is 1. The fourth-order valence-electron chi connectivity index (χ4n) is 5.20. The number of hydrogen-bond acceptors (Lipinski definition) is 8. The second-order valence-corrected chi connectivity index (χ2v) is 10.3. The lowest BCUT2D eigenvalue weighted by atomic mass is 10.1. The lowest BCUT2D eigenvalue weighted by Crippen LogP contribution is -2.60. The minimum atomic E-state index is -0.0249. The van der Waals surface area contributed by atoms with Gasteiger partial charge in [-0.3, -0.25) is 5.10 Å². The molecule has 2 fully saturated rings. The van der Waals surface area contributed by atoms with E-state index in [1.54, 1.807) is 6.20 Å². The smallest absolute Gasteiger partial charge is 0.317 e. The van der Waals surface area contributed by atoms with E-state index >= 15 is 0 Å². The maximum atomic E-state index is 12.6. The van der Waals surface area contributed by atoms with Crippen LogP contribution >= 0.6 is 0 Å². The summed E-state index contributed by atoms with van der Waals surface area (Å²) in [4.78, 5) is 33.2. The van der Waals surface area contributed by atoms with E-state index in [2.05, 4.69) is 68.5 Å². The number of hydrogen-bond donors (Lipinski definition) is 3. The van der Waals surface area contributed by atoms with Crippen molar-refractivity contribution in [2.24, 2.45) is 0 Å². The zero-order chi connectivity index (χ0) is 25.4. The van der Waals surface area contributed by atoms with E-state index in [1.807, 2.05) is 24.9 Å². The SMILES string of the molecule is CC(C)NC(=O)N1CC(C)N(c2ncc3[nH]nc(-c4ccc(N5CCNC(C)C5)nc4)c3n2)C(C)C1. The number of H-pyrrole nitrogens is 1. The summed E-state index contributed by atoms with van der Waals surface area (Å²) < 4.78 is 0. The van der Waals surface area contributed by atoms with Crippen LogP contribution in [0.15, 0.2) is 24.5 Å². The number of fused-ring (bicyclic) bond motifs is 1. The van der Waals surface area contributed by atoms with Gasteiger partial charge in [-0.2, -0.15) is 5.10 Å². The van der Waals surface area contributed by atoms with Crippen molar-refractivity contribution in [2.45, 2.75) is 58.8 Å². The maximum Gasteiger partial charge on any atom is 0.317 e. The molecule has 0 aromatic carbocycles. The minimum Gasteiger partial charge on any atom is -0.354 e. The predicted molar refractivity (Wildman–Crippen MR) is 141 cm³/mol. The van der Waals surface area contributed by atoms with Crippen LogP contribution in [0, 0.1) is 0 Å². The number of carbonyl (C=O) groups is 1. The monoisotopic (exact) mass is 492 g/mol. The third-order valence-corrected chi connectivity index (χ3v) is 6.85. The Balaban J connectivity index is 1.37. The standard InChI is InChI=1S/C25H36N10O/c1-15(2)29-25(36)34-13-17(4)35(18(5)14-34)24-28-11-20-23(30-24)22(32-31-20)19-6-7-21(27-10-19)33-9-8-26-16(3)12-33/h6-7,10-11,15-18,26H,8-9,12-14H2,1-5H3,(H,29,36)(H,31,32). The summed E-state index contributed by atoms with van der Waals surface area (Å²) in [6.07, 6.45) is 3.66. The van der Waals surface area contributed by atoms with E-state index in [1.165, 1.54) is 0 Å². The van der Waals surface area contributed by atoms with Gasteiger partial charge >= 0.3 is 6.03 Å². The van der Waals surface area contributed by atoms with Crippen molar-refractivity contribution in [2.75, 3.05) is 42.5 Å². The van der Waals surface area contributed by atoms with Crippen LogP contribution in [-0.2, 0) is 0 Å². The summed E-state index contributed by atoms with van der Waals surface area (Å²) >= 11 is 0. The number of rotatable bonds is 4. The Bertz CT molecular complexity index is 1200. The summed E-state index contributed by atoms with van der Waals surface area (Å²) in [5, 5.41) is 14.1. The molecule has 11 heteroatoms. The first-order chi connectivity index (χ1) is 17.3. The Morgan fingerprint density at radius 3 is 2.53 bits per heavy atom. The van der Waals surface area contributed by atoms with E-state index < -0.39 is 0 Å². The zero-order valence-corrected chi connectivity index (χ0v) is 21.7. The number of nitrogens with one attached hydrogen (secondary N) is 3. The first-order valence-electron chi connectivity index (χ1n) is 12.8. The summed E-state index contributed by atoms with van der Waals surface area (Å²) in [6, 6.07) is 4.79. The Morgan fingerprint density at radius 1 is 1.08 bits per heavy atom. The highest BCUT2D eigenvalue weighted by Crippen LogP contribution is 2.29. The zero-order valence-electron chi connectivity index (χ0n) is 21.7. The molecule has 3 atom stereocenters. The molecule has 3 N–H and O–H groups in total. The highest BCUT2D eigenvalue weighted by molar-refractivity contribution is 5.89. The van der Waals surface area contributed by atoms with Crippen molar-refractivity contribution in [3.8, 4) is 11.3 Å². The molecule has 11 nitrogen and oxygen atoms in total. The van der Waals surface area contributed by atoms with Crippen LogP contribution in [0.5, 0.6) is 0 Å². The van der Waals surface area contributed by atoms with Gasteiger partial charge in [0.1, 0.15) is 22.5 Å². The molecular formula is C25H36N10O. The molecule has 0 spiro atoms. The predicted octanol–water partition coefficient (Wildman–Crippen LogP) is 2.23. The quantitative estimate of drug-likeness (QED) is 0.508. The number of nitrogens with zero attached hydrogens (tertiary/aromatic N) is 7. The van der Waals surface area contributed by atoms with Crippen molar-refractivity contribution in [3.05, 3.63) is 24.5 Å². The molecular weight excluding hydrogens is 456 g/mol. The average molecular weight is 493 g/mol. The van der Waals surface area contributed by atoms with Gasteiger partial charge in [-0.1, -0.05) is 0 Å². The lowest BCUT2D eigenvalue weighted by Gasteiger charge is -2.44. The van der Waals surface area contributed by atoms with E-state index in [0.29, 0.717) is 25.1 Å². The molecule has 3 aromatic heterocycles. The summed E-state index contributed by atoms with van der Waals surface area (Å²) in [6.45, 7) is 14.4. The molecule has 36 heavy (non-hydrogen) atoms. The summed E-state index contributed by atoms with van der Waals surface area (Å²) in [5.74, 6) is 1.62. The molecule has 3 unspecified atom stereocenters. The van der Waals surface area contributed by atoms with Crippen molar-refractivity contribution in [1.82, 2.24) is 40.7 Å². The van der Waals surface area contributed by atoms with Crippen LogP contribution in [0.1, 0.15) is 34.6 Å². The molecule has 3 aromatic rings. The number of aromatic nitrogens is 5. The van der Waals surface area contributed by atoms with Crippen LogP contribution in [0.2, 0.25) is 0 Å². The topological polar surface area (TPSA) is 118 Å². The van der Waals surface area contributed by atoms with Gasteiger partial charge in [-0.25, -0.2) is 19.7 Å². The molecule has 0 bridgehead atoms. The Labute approximate surface area is 211 Å². The maximum absolute atomic E-state index is 12.6. The van der Waals surface area contributed by atoms with Crippen molar-refractivity contribution in [1.29, 1.82) is 0 Å². The Morgan fingerprint density at radius 2 is 1.86 bits per heavy atom. The van der Waals surface area contributed by atoms with Crippen molar-refractivity contribution < 1.29 is 4.79 Å². The van der Waals surface area contributed by atoms with Crippen LogP contribution in [0.25, 0.3) is 22.3 Å². The fourth-order valence-corrected chi connectivity index (χ4v) is 5.20. The molecule has 2 aliphatic rings. The van der Waals surface area contributed by atoms with Gasteiger partial charge in [0.2, 0.25) is 5.95 Å². The molecule has 2 amide bonds.